The van der Waals surface area contributed by atoms with Crippen molar-refractivity contribution >= 4 is 5.69 Å². The molecule has 0 aliphatic rings. The molecule has 0 aromatic heterocycles. The molecule has 0 amide bonds. The highest BCUT2D eigenvalue weighted by Crippen LogP contribution is 2.10. The summed E-state index contributed by atoms with van der Waals surface area (Å²) in [6, 6.07) is 18.7. The van der Waals surface area contributed by atoms with Crippen LogP contribution in [0.25, 0.3) is 0 Å². The Morgan fingerprint density at radius 3 is 2.43 bits per heavy atom. The van der Waals surface area contributed by atoms with Gasteiger partial charge in [0.25, 0.3) is 0 Å². The second kappa shape index (κ2) is 8.45. The van der Waals surface area contributed by atoms with Crippen LogP contribution in [-0.2, 0) is 17.7 Å². The van der Waals surface area contributed by atoms with Crippen molar-refractivity contribution in [1.82, 2.24) is 4.90 Å². The van der Waals surface area contributed by atoms with Crippen LogP contribution in [0.2, 0.25) is 0 Å². The lowest BCUT2D eigenvalue weighted by Crippen LogP contribution is -2.29. The molecule has 3 nitrogen and oxygen atoms in total. The molecular weight excluding hydrogens is 260 g/mol. The molecule has 0 spiro atoms. The minimum absolute atomic E-state index is 0.747. The van der Waals surface area contributed by atoms with E-state index in [4.69, 9.17) is 10.5 Å². The summed E-state index contributed by atoms with van der Waals surface area (Å²) in [5.74, 6) is 0. The molecular formula is C18H24N2O. The maximum Gasteiger partial charge on any atom is 0.0589 e. The lowest BCUT2D eigenvalue weighted by molar-refractivity contribution is 0.144. The van der Waals surface area contributed by atoms with E-state index in [0.717, 1.165) is 38.3 Å². The highest BCUT2D eigenvalue weighted by Gasteiger charge is 2.06. The van der Waals surface area contributed by atoms with Crippen LogP contribution in [-0.4, -0.2) is 31.7 Å². The summed E-state index contributed by atoms with van der Waals surface area (Å²) in [4.78, 5) is 2.41. The highest BCUT2D eigenvalue weighted by atomic mass is 16.5. The molecule has 2 aromatic rings. The molecule has 0 fully saturated rings. The van der Waals surface area contributed by atoms with Crippen molar-refractivity contribution in [3.63, 3.8) is 0 Å². The van der Waals surface area contributed by atoms with Crippen LogP contribution >= 0.6 is 0 Å². The van der Waals surface area contributed by atoms with E-state index in [9.17, 15) is 0 Å². The standard InChI is InChI=1S/C18H24N2O/c1-21-13-12-20(11-10-16-6-3-2-4-7-16)15-17-8-5-9-18(19)14-17/h2-9,14H,10-13,15,19H2,1H3. The topological polar surface area (TPSA) is 38.5 Å². The predicted octanol–water partition coefficient (Wildman–Crippen LogP) is 2.96. The number of nitrogen functional groups attached to an aromatic ring is 1. The van der Waals surface area contributed by atoms with Gasteiger partial charge in [-0.1, -0.05) is 42.5 Å². The van der Waals surface area contributed by atoms with Gasteiger partial charge in [0, 0.05) is 32.4 Å². The monoisotopic (exact) mass is 284 g/mol. The summed E-state index contributed by atoms with van der Waals surface area (Å²) in [5, 5.41) is 0. The maximum atomic E-state index is 5.86. The van der Waals surface area contributed by atoms with E-state index >= 15 is 0 Å². The zero-order chi connectivity index (χ0) is 14.9. The van der Waals surface area contributed by atoms with Gasteiger partial charge >= 0.3 is 0 Å². The second-order valence-corrected chi connectivity index (χ2v) is 5.25. The molecule has 21 heavy (non-hydrogen) atoms. The molecule has 0 bridgehead atoms. The van der Waals surface area contributed by atoms with Crippen LogP contribution in [0, 0.1) is 0 Å². The molecule has 0 atom stereocenters. The number of hydrogen-bond acceptors (Lipinski definition) is 3. The van der Waals surface area contributed by atoms with Gasteiger partial charge in [0.1, 0.15) is 0 Å². The molecule has 3 heteroatoms. The summed E-state index contributed by atoms with van der Waals surface area (Å²) >= 11 is 0. The minimum atomic E-state index is 0.747. The minimum Gasteiger partial charge on any atom is -0.399 e. The largest absolute Gasteiger partial charge is 0.399 e. The molecule has 0 aliphatic carbocycles. The third-order valence-corrected chi connectivity index (χ3v) is 3.53. The van der Waals surface area contributed by atoms with Gasteiger partial charge in [-0.05, 0) is 29.7 Å². The van der Waals surface area contributed by atoms with Crippen LogP contribution in [0.3, 0.4) is 0 Å². The van der Waals surface area contributed by atoms with E-state index in [-0.39, 0.29) is 0 Å². The number of benzene rings is 2. The number of nitrogens with two attached hydrogens (primary N) is 1. The molecule has 2 rings (SSSR count). The van der Waals surface area contributed by atoms with Gasteiger partial charge in [-0.2, -0.15) is 0 Å². The van der Waals surface area contributed by atoms with Crippen molar-refractivity contribution in [3.05, 3.63) is 65.7 Å². The lowest BCUT2D eigenvalue weighted by Gasteiger charge is -2.22. The molecule has 0 radical (unpaired) electrons. The second-order valence-electron chi connectivity index (χ2n) is 5.25. The fourth-order valence-corrected chi connectivity index (χ4v) is 2.37. The van der Waals surface area contributed by atoms with Gasteiger partial charge in [0.2, 0.25) is 0 Å². The molecule has 0 aliphatic heterocycles. The fourth-order valence-electron chi connectivity index (χ4n) is 2.37. The predicted molar refractivity (Wildman–Crippen MR) is 88.2 cm³/mol. The quantitative estimate of drug-likeness (QED) is 0.757. The molecule has 2 aromatic carbocycles. The average molecular weight is 284 g/mol. The molecule has 2 N–H and O–H groups in total. The highest BCUT2D eigenvalue weighted by molar-refractivity contribution is 5.40. The Bertz CT molecular complexity index is 528. The van der Waals surface area contributed by atoms with Crippen LogP contribution in [0.4, 0.5) is 5.69 Å². The van der Waals surface area contributed by atoms with Gasteiger partial charge in [0.15, 0.2) is 0 Å². The maximum absolute atomic E-state index is 5.86. The Kier molecular flexibility index (Phi) is 6.25. The van der Waals surface area contributed by atoms with Gasteiger partial charge in [-0.15, -0.1) is 0 Å². The van der Waals surface area contributed by atoms with Crippen LogP contribution in [0.1, 0.15) is 11.1 Å². The third kappa shape index (κ3) is 5.58. The SMILES string of the molecule is COCCN(CCc1ccccc1)Cc1cccc(N)c1. The third-order valence-electron chi connectivity index (χ3n) is 3.53. The molecule has 112 valence electrons. The summed E-state index contributed by atoms with van der Waals surface area (Å²) in [6.07, 6.45) is 1.05. The Morgan fingerprint density at radius 2 is 1.71 bits per heavy atom. The van der Waals surface area contributed by atoms with Crippen molar-refractivity contribution in [1.29, 1.82) is 0 Å². The van der Waals surface area contributed by atoms with E-state index < -0.39 is 0 Å². The summed E-state index contributed by atoms with van der Waals surface area (Å²) < 4.78 is 5.22. The van der Waals surface area contributed by atoms with Crippen molar-refractivity contribution in [2.45, 2.75) is 13.0 Å². The van der Waals surface area contributed by atoms with Crippen molar-refractivity contribution in [3.8, 4) is 0 Å². The van der Waals surface area contributed by atoms with E-state index in [0.29, 0.717) is 0 Å². The first-order valence-corrected chi connectivity index (χ1v) is 7.37. The van der Waals surface area contributed by atoms with Crippen LogP contribution < -0.4 is 5.73 Å². The summed E-state index contributed by atoms with van der Waals surface area (Å²) in [6.45, 7) is 3.60. The average Bonchev–Trinajstić information content (AvgIpc) is 2.51. The number of hydrogen-bond donors (Lipinski definition) is 1. The number of rotatable bonds is 8. The summed E-state index contributed by atoms with van der Waals surface area (Å²) in [5.41, 5.74) is 9.30. The van der Waals surface area contributed by atoms with Crippen LogP contribution in [0.5, 0.6) is 0 Å². The first-order valence-electron chi connectivity index (χ1n) is 7.37. The normalized spacial score (nSPS) is 11.0. The van der Waals surface area contributed by atoms with Crippen molar-refractivity contribution in [2.75, 3.05) is 32.5 Å². The van der Waals surface area contributed by atoms with E-state index in [1.807, 2.05) is 18.2 Å². The van der Waals surface area contributed by atoms with Gasteiger partial charge in [-0.3, -0.25) is 4.90 Å². The fraction of sp³-hybridized carbons (Fsp3) is 0.333. The Labute approximate surface area is 127 Å². The zero-order valence-corrected chi connectivity index (χ0v) is 12.7. The Morgan fingerprint density at radius 1 is 0.952 bits per heavy atom. The Balaban J connectivity index is 1.94. The number of methoxy groups -OCH3 is 1. The Hall–Kier alpha value is -1.84. The van der Waals surface area contributed by atoms with Crippen LogP contribution in [0.15, 0.2) is 54.6 Å². The molecule has 0 unspecified atom stereocenters. The first kappa shape index (κ1) is 15.5. The van der Waals surface area contributed by atoms with Gasteiger partial charge < -0.3 is 10.5 Å². The number of anilines is 1. The van der Waals surface area contributed by atoms with Crippen molar-refractivity contribution in [2.24, 2.45) is 0 Å². The number of ether oxygens (including phenoxy) is 1. The molecule has 0 saturated carbocycles. The lowest BCUT2D eigenvalue weighted by atomic mass is 10.1. The zero-order valence-electron chi connectivity index (χ0n) is 12.7. The molecule has 0 saturated heterocycles. The van der Waals surface area contributed by atoms with E-state index in [1.165, 1.54) is 11.1 Å². The first-order chi connectivity index (χ1) is 10.3. The van der Waals surface area contributed by atoms with E-state index in [2.05, 4.69) is 41.3 Å². The molecule has 0 heterocycles. The summed E-state index contributed by atoms with van der Waals surface area (Å²) in [7, 11) is 1.75. The van der Waals surface area contributed by atoms with Crippen molar-refractivity contribution < 1.29 is 4.74 Å². The van der Waals surface area contributed by atoms with Gasteiger partial charge in [0.05, 0.1) is 6.61 Å². The van der Waals surface area contributed by atoms with E-state index in [1.54, 1.807) is 7.11 Å². The smallest absolute Gasteiger partial charge is 0.0589 e. The number of nitrogens with zero attached hydrogens (tertiary/aromatic N) is 1. The van der Waals surface area contributed by atoms with Gasteiger partial charge in [-0.25, -0.2) is 0 Å².